The Morgan fingerprint density at radius 3 is 2.90 bits per heavy atom. The molecule has 10 heavy (non-hydrogen) atoms. The summed E-state index contributed by atoms with van der Waals surface area (Å²) in [6.07, 6.45) is 3.49. The normalized spacial score (nSPS) is 12.9. The van der Waals surface area contributed by atoms with Crippen molar-refractivity contribution in [3.8, 4) is 0 Å². The average Bonchev–Trinajstić information content (AvgIpc) is 2.33. The highest BCUT2D eigenvalue weighted by molar-refractivity contribution is 7.84. The van der Waals surface area contributed by atoms with Crippen LogP contribution in [-0.4, -0.2) is 26.9 Å². The van der Waals surface area contributed by atoms with Crippen LogP contribution in [0.25, 0.3) is 0 Å². The maximum atomic E-state index is 10.8. The van der Waals surface area contributed by atoms with Crippen molar-refractivity contribution in [1.29, 1.82) is 0 Å². The number of hydrogen-bond donors (Lipinski definition) is 1. The van der Waals surface area contributed by atoms with E-state index in [1.807, 2.05) is 0 Å². The molecule has 4 nitrogen and oxygen atoms in total. The molecule has 1 unspecified atom stereocenters. The first-order chi connectivity index (χ1) is 4.75. The van der Waals surface area contributed by atoms with Crippen LogP contribution in [0, 0.1) is 0 Å². The summed E-state index contributed by atoms with van der Waals surface area (Å²) in [5.41, 5.74) is 0.292. The van der Waals surface area contributed by atoms with Crippen LogP contribution < -0.4 is 0 Å². The van der Waals surface area contributed by atoms with Crippen molar-refractivity contribution in [1.82, 2.24) is 10.2 Å². The van der Waals surface area contributed by atoms with E-state index in [1.54, 1.807) is 0 Å². The Balaban J connectivity index is 3.13. The number of aldehydes is 1. The van der Waals surface area contributed by atoms with Gasteiger partial charge in [-0.15, -0.1) is 0 Å². The van der Waals surface area contributed by atoms with Crippen LogP contribution in [0.5, 0.6) is 0 Å². The predicted molar refractivity (Wildman–Crippen MR) is 36.3 cm³/mol. The van der Waals surface area contributed by atoms with Gasteiger partial charge in [0.25, 0.3) is 0 Å². The highest BCUT2D eigenvalue weighted by Gasteiger charge is 2.05. The SMILES string of the molecule is CS(=O)c1cn[nH]c1C=O. The molecule has 0 spiro atoms. The first-order valence-corrected chi connectivity index (χ1v) is 4.13. The second kappa shape index (κ2) is 2.74. The smallest absolute Gasteiger partial charge is 0.169 e. The molecular weight excluding hydrogens is 152 g/mol. The molecule has 0 radical (unpaired) electrons. The second-order valence-electron chi connectivity index (χ2n) is 1.72. The molecule has 0 saturated heterocycles. The predicted octanol–water partition coefficient (Wildman–Crippen LogP) is -0.0404. The number of nitrogens with zero attached hydrogens (tertiary/aromatic N) is 1. The van der Waals surface area contributed by atoms with Crippen LogP contribution in [0.15, 0.2) is 11.1 Å². The minimum Gasteiger partial charge on any atom is -0.296 e. The Kier molecular flexibility index (Phi) is 1.96. The zero-order valence-electron chi connectivity index (χ0n) is 5.33. The fourth-order valence-corrected chi connectivity index (χ4v) is 1.20. The van der Waals surface area contributed by atoms with Crippen LogP contribution >= 0.6 is 0 Å². The number of rotatable bonds is 2. The van der Waals surface area contributed by atoms with Crippen molar-refractivity contribution in [2.24, 2.45) is 0 Å². The minimum absolute atomic E-state index is 0.292. The summed E-state index contributed by atoms with van der Waals surface area (Å²) in [7, 11) is -1.13. The Hall–Kier alpha value is -0.970. The first-order valence-electron chi connectivity index (χ1n) is 2.57. The van der Waals surface area contributed by atoms with E-state index in [0.29, 0.717) is 16.9 Å². The highest BCUT2D eigenvalue weighted by Crippen LogP contribution is 2.04. The molecular formula is C5H6N2O2S. The lowest BCUT2D eigenvalue weighted by atomic mass is 10.5. The third-order valence-electron chi connectivity index (χ3n) is 1.06. The second-order valence-corrected chi connectivity index (χ2v) is 3.07. The fourth-order valence-electron chi connectivity index (χ4n) is 0.599. The molecule has 0 bridgehead atoms. The number of aromatic amines is 1. The molecule has 0 aliphatic heterocycles. The Labute approximate surface area is 60.1 Å². The highest BCUT2D eigenvalue weighted by atomic mass is 32.2. The van der Waals surface area contributed by atoms with E-state index in [4.69, 9.17) is 0 Å². The Morgan fingerprint density at radius 1 is 1.80 bits per heavy atom. The molecule has 0 saturated carbocycles. The van der Waals surface area contributed by atoms with E-state index in [0.717, 1.165) is 0 Å². The van der Waals surface area contributed by atoms with Gasteiger partial charge in [0.1, 0.15) is 5.69 Å². The van der Waals surface area contributed by atoms with Crippen molar-refractivity contribution in [3.63, 3.8) is 0 Å². The molecule has 1 heterocycles. The van der Waals surface area contributed by atoms with E-state index in [2.05, 4.69) is 10.2 Å². The number of hydrogen-bond acceptors (Lipinski definition) is 3. The summed E-state index contributed by atoms with van der Waals surface area (Å²) in [5, 5.41) is 5.99. The van der Waals surface area contributed by atoms with Crippen molar-refractivity contribution < 1.29 is 9.00 Å². The van der Waals surface area contributed by atoms with Crippen molar-refractivity contribution in [3.05, 3.63) is 11.9 Å². The lowest BCUT2D eigenvalue weighted by molar-refractivity contribution is 0.111. The molecule has 1 N–H and O–H groups in total. The quantitative estimate of drug-likeness (QED) is 0.614. The molecule has 54 valence electrons. The third kappa shape index (κ3) is 1.13. The number of nitrogens with one attached hydrogen (secondary N) is 1. The standard InChI is InChI=1S/C5H6N2O2S/c1-10(9)5-2-6-7-4(5)3-8/h2-3H,1H3,(H,6,7). The summed E-state index contributed by atoms with van der Waals surface area (Å²) in [6, 6.07) is 0. The number of H-pyrrole nitrogens is 1. The zero-order chi connectivity index (χ0) is 7.56. The number of aromatic nitrogens is 2. The van der Waals surface area contributed by atoms with Crippen molar-refractivity contribution in [2.45, 2.75) is 4.90 Å². The van der Waals surface area contributed by atoms with Gasteiger partial charge in [-0.2, -0.15) is 5.10 Å². The Bertz CT molecular complexity index is 268. The maximum absolute atomic E-state index is 10.8. The van der Waals surface area contributed by atoms with E-state index >= 15 is 0 Å². The van der Waals surface area contributed by atoms with E-state index < -0.39 is 10.8 Å². The number of carbonyl (C=O) groups is 1. The van der Waals surface area contributed by atoms with Gasteiger partial charge in [0, 0.05) is 6.26 Å². The molecule has 0 aromatic carbocycles. The van der Waals surface area contributed by atoms with Gasteiger partial charge in [0.05, 0.1) is 21.9 Å². The van der Waals surface area contributed by atoms with Gasteiger partial charge >= 0.3 is 0 Å². The van der Waals surface area contributed by atoms with Crippen LogP contribution in [0.4, 0.5) is 0 Å². The Morgan fingerprint density at radius 2 is 2.50 bits per heavy atom. The summed E-state index contributed by atoms with van der Waals surface area (Å²) in [5.74, 6) is 0. The lowest BCUT2D eigenvalue weighted by Crippen LogP contribution is -1.90. The summed E-state index contributed by atoms with van der Waals surface area (Å²) in [4.78, 5) is 10.6. The van der Waals surface area contributed by atoms with Gasteiger partial charge in [0.2, 0.25) is 0 Å². The molecule has 1 atom stereocenters. The van der Waals surface area contributed by atoms with Gasteiger partial charge in [-0.25, -0.2) is 0 Å². The molecule has 0 fully saturated rings. The third-order valence-corrected chi connectivity index (χ3v) is 2.00. The van der Waals surface area contributed by atoms with E-state index in [1.165, 1.54) is 12.5 Å². The number of carbonyl (C=O) groups excluding carboxylic acids is 1. The topological polar surface area (TPSA) is 62.8 Å². The lowest BCUT2D eigenvalue weighted by Gasteiger charge is -1.87. The largest absolute Gasteiger partial charge is 0.296 e. The molecule has 0 aliphatic carbocycles. The first kappa shape index (κ1) is 7.14. The van der Waals surface area contributed by atoms with Crippen LogP contribution in [0.1, 0.15) is 10.5 Å². The van der Waals surface area contributed by atoms with Gasteiger partial charge in [0.15, 0.2) is 6.29 Å². The summed E-state index contributed by atoms with van der Waals surface area (Å²) < 4.78 is 10.8. The molecule has 0 amide bonds. The summed E-state index contributed by atoms with van der Waals surface area (Å²) >= 11 is 0. The molecule has 1 aromatic heterocycles. The molecule has 1 aromatic rings. The van der Waals surface area contributed by atoms with Crippen LogP contribution in [0.2, 0.25) is 0 Å². The van der Waals surface area contributed by atoms with E-state index in [-0.39, 0.29) is 0 Å². The summed E-state index contributed by atoms with van der Waals surface area (Å²) in [6.45, 7) is 0. The van der Waals surface area contributed by atoms with E-state index in [9.17, 15) is 9.00 Å². The van der Waals surface area contributed by atoms with Crippen LogP contribution in [-0.2, 0) is 10.8 Å². The minimum atomic E-state index is -1.13. The van der Waals surface area contributed by atoms with Gasteiger partial charge in [-0.1, -0.05) is 0 Å². The zero-order valence-corrected chi connectivity index (χ0v) is 6.14. The van der Waals surface area contributed by atoms with Gasteiger partial charge in [-0.3, -0.25) is 14.1 Å². The average molecular weight is 158 g/mol. The monoisotopic (exact) mass is 158 g/mol. The van der Waals surface area contributed by atoms with Crippen LogP contribution in [0.3, 0.4) is 0 Å². The van der Waals surface area contributed by atoms with Crippen molar-refractivity contribution in [2.75, 3.05) is 6.26 Å². The van der Waals surface area contributed by atoms with Gasteiger partial charge in [-0.05, 0) is 0 Å². The maximum Gasteiger partial charge on any atom is 0.169 e. The fraction of sp³-hybridized carbons (Fsp3) is 0.200. The molecule has 0 aliphatic rings. The van der Waals surface area contributed by atoms with Gasteiger partial charge < -0.3 is 0 Å². The molecule has 1 rings (SSSR count). The van der Waals surface area contributed by atoms with Crippen molar-refractivity contribution >= 4 is 17.1 Å². The molecule has 5 heteroatoms.